The zero-order valence-electron chi connectivity index (χ0n) is 28.7. The number of hydrogen-bond donors (Lipinski definition) is 0. The molecule has 0 radical (unpaired) electrons. The third-order valence-corrected chi connectivity index (χ3v) is 10.7. The van der Waals surface area contributed by atoms with Gasteiger partial charge in [-0.05, 0) is 94.4 Å². The molecule has 0 amide bonds. The highest BCUT2D eigenvalue weighted by atomic mass is 16.3. The van der Waals surface area contributed by atoms with Crippen LogP contribution in [0, 0.1) is 11.3 Å². The van der Waals surface area contributed by atoms with Gasteiger partial charge >= 0.3 is 0 Å². The number of nitrogens with zero attached hydrogens (tertiary/aromatic N) is 3. The van der Waals surface area contributed by atoms with Crippen LogP contribution in [0.5, 0.6) is 0 Å². The highest BCUT2D eigenvalue weighted by Gasteiger charge is 2.31. The van der Waals surface area contributed by atoms with E-state index in [1.54, 1.807) is 12.1 Å². The molecule has 0 spiro atoms. The van der Waals surface area contributed by atoms with Crippen LogP contribution in [0.1, 0.15) is 55.2 Å². The van der Waals surface area contributed by atoms with Gasteiger partial charge in [-0.15, -0.1) is 0 Å². The topological polar surface area (TPSA) is 75.8 Å². The highest BCUT2D eigenvalue weighted by Crippen LogP contribution is 2.51. The molecule has 0 bridgehead atoms. The molecule has 1 aliphatic rings. The average molecular weight is 672 g/mol. The minimum Gasteiger partial charge on any atom is -0.455 e. The summed E-state index contributed by atoms with van der Waals surface area (Å²) in [6.45, 7) is 2.27. The second kappa shape index (κ2) is 12.1. The van der Waals surface area contributed by atoms with Gasteiger partial charge in [-0.25, -0.2) is 9.97 Å². The summed E-state index contributed by atoms with van der Waals surface area (Å²) in [4.78, 5) is 10.1. The number of rotatable bonds is 7. The number of furan rings is 2. The molecule has 0 N–H and O–H groups in total. The van der Waals surface area contributed by atoms with E-state index in [1.807, 2.05) is 42.5 Å². The Morgan fingerprint density at radius 1 is 0.615 bits per heavy atom. The zero-order chi connectivity index (χ0) is 34.8. The summed E-state index contributed by atoms with van der Waals surface area (Å²) in [7, 11) is 0. The Labute approximate surface area is 300 Å². The number of nitriles is 1. The Bertz CT molecular complexity index is 2890. The fourth-order valence-corrected chi connectivity index (χ4v) is 8.28. The third kappa shape index (κ3) is 4.68. The van der Waals surface area contributed by atoms with Crippen molar-refractivity contribution >= 4 is 44.0 Å². The van der Waals surface area contributed by atoms with Crippen molar-refractivity contribution in [3.8, 4) is 51.0 Å². The van der Waals surface area contributed by atoms with Gasteiger partial charge in [0.1, 0.15) is 28.0 Å². The first-order valence-electron chi connectivity index (χ1n) is 18.1. The van der Waals surface area contributed by atoms with Crippen molar-refractivity contribution in [1.82, 2.24) is 9.97 Å². The molecule has 10 rings (SSSR count). The molecule has 6 aromatic carbocycles. The monoisotopic (exact) mass is 671 g/mol. The van der Waals surface area contributed by atoms with Crippen LogP contribution in [0.2, 0.25) is 0 Å². The van der Waals surface area contributed by atoms with Gasteiger partial charge in [-0.2, -0.15) is 5.26 Å². The summed E-state index contributed by atoms with van der Waals surface area (Å²) in [6, 6.07) is 46.1. The number of para-hydroxylation sites is 2. The van der Waals surface area contributed by atoms with Gasteiger partial charge in [0.05, 0.1) is 11.6 Å². The first-order chi connectivity index (χ1) is 25.7. The molecular formula is C47H33N3O2. The molecule has 0 aliphatic heterocycles. The molecule has 3 heterocycles. The maximum atomic E-state index is 9.39. The Balaban J connectivity index is 1.15. The number of aromatic nitrogens is 2. The van der Waals surface area contributed by atoms with Gasteiger partial charge in [0.15, 0.2) is 11.4 Å². The van der Waals surface area contributed by atoms with Crippen LogP contribution in [-0.4, -0.2) is 9.97 Å². The molecule has 0 saturated heterocycles. The number of hydrogen-bond acceptors (Lipinski definition) is 5. The number of benzene rings is 6. The van der Waals surface area contributed by atoms with Crippen LogP contribution in [0.4, 0.5) is 0 Å². The lowest BCUT2D eigenvalue weighted by Crippen LogP contribution is -1.99. The Morgan fingerprint density at radius 2 is 1.35 bits per heavy atom. The summed E-state index contributed by atoms with van der Waals surface area (Å²) < 4.78 is 13.3. The maximum absolute atomic E-state index is 9.39. The number of fused-ring (bicyclic) bond motifs is 9. The van der Waals surface area contributed by atoms with Gasteiger partial charge in [0, 0.05) is 33.2 Å². The molecule has 9 aromatic rings. The predicted octanol–water partition coefficient (Wildman–Crippen LogP) is 12.8. The SMILES string of the molecule is CCCCCC1c2ccccc2-c2cccc(-c3ccc4c(c3)oc3c(-c5nc(-c6ccc(C#N)cc6)nc6c5oc5ccccc56)cccc34)c21. The smallest absolute Gasteiger partial charge is 0.180 e. The fraction of sp³-hybridized carbons (Fsp3) is 0.128. The molecular weight excluding hydrogens is 639 g/mol. The van der Waals surface area contributed by atoms with Crippen LogP contribution in [0.15, 0.2) is 136 Å². The van der Waals surface area contributed by atoms with Crippen molar-refractivity contribution in [2.75, 3.05) is 0 Å². The van der Waals surface area contributed by atoms with Crippen molar-refractivity contribution in [2.45, 2.75) is 38.5 Å². The molecule has 0 saturated carbocycles. The lowest BCUT2D eigenvalue weighted by Gasteiger charge is -2.17. The molecule has 5 nitrogen and oxygen atoms in total. The van der Waals surface area contributed by atoms with Crippen LogP contribution < -0.4 is 0 Å². The minimum absolute atomic E-state index is 0.376. The average Bonchev–Trinajstić information content (AvgIpc) is 3.87. The lowest BCUT2D eigenvalue weighted by molar-refractivity contribution is 0.626. The second-order valence-corrected chi connectivity index (χ2v) is 13.8. The highest BCUT2D eigenvalue weighted by molar-refractivity contribution is 6.14. The second-order valence-electron chi connectivity index (χ2n) is 13.8. The summed E-state index contributed by atoms with van der Waals surface area (Å²) in [5.41, 5.74) is 14.6. The van der Waals surface area contributed by atoms with Crippen molar-refractivity contribution in [3.63, 3.8) is 0 Å². The Kier molecular flexibility index (Phi) is 7.04. The summed E-state index contributed by atoms with van der Waals surface area (Å²) in [5, 5.41) is 12.4. The van der Waals surface area contributed by atoms with E-state index >= 15 is 0 Å². The van der Waals surface area contributed by atoms with Crippen molar-refractivity contribution < 1.29 is 8.83 Å². The van der Waals surface area contributed by atoms with E-state index < -0.39 is 0 Å². The fourth-order valence-electron chi connectivity index (χ4n) is 8.28. The first kappa shape index (κ1) is 30.3. The van der Waals surface area contributed by atoms with E-state index in [9.17, 15) is 5.26 Å². The van der Waals surface area contributed by atoms with Gasteiger partial charge < -0.3 is 8.83 Å². The van der Waals surface area contributed by atoms with Gasteiger partial charge in [0.25, 0.3) is 0 Å². The summed E-state index contributed by atoms with van der Waals surface area (Å²) in [6.07, 6.45) is 4.81. The van der Waals surface area contributed by atoms with Crippen LogP contribution in [0.3, 0.4) is 0 Å². The third-order valence-electron chi connectivity index (χ3n) is 10.7. The number of unbranched alkanes of at least 4 members (excludes halogenated alkanes) is 2. The molecule has 0 fully saturated rings. The van der Waals surface area contributed by atoms with E-state index in [0.717, 1.165) is 61.5 Å². The maximum Gasteiger partial charge on any atom is 0.180 e. The van der Waals surface area contributed by atoms with E-state index in [1.165, 1.54) is 47.1 Å². The van der Waals surface area contributed by atoms with Crippen LogP contribution in [-0.2, 0) is 0 Å². The van der Waals surface area contributed by atoms with Crippen LogP contribution >= 0.6 is 0 Å². The molecule has 1 unspecified atom stereocenters. The standard InChI is InChI=1S/C47H33N3O2/c1-2-3-4-13-35-32-11-5-6-12-33(32)36-16-9-15-31(42(35)36)30-24-25-34-37-17-10-18-39(45(37)52-41(34)26-30)44-46-43(38-14-7-8-19-40(38)51-46)49-47(50-44)29-22-20-28(27-48)21-23-29/h5-12,14-26,35H,2-4,13H2,1H3. The minimum atomic E-state index is 0.376. The van der Waals surface area contributed by atoms with Crippen molar-refractivity contribution in [1.29, 1.82) is 5.26 Å². The van der Waals surface area contributed by atoms with E-state index in [0.29, 0.717) is 28.6 Å². The molecule has 3 aromatic heterocycles. The van der Waals surface area contributed by atoms with Gasteiger partial charge in [0.2, 0.25) is 0 Å². The van der Waals surface area contributed by atoms with Gasteiger partial charge in [-0.3, -0.25) is 0 Å². The zero-order valence-corrected chi connectivity index (χ0v) is 28.7. The predicted molar refractivity (Wildman–Crippen MR) is 209 cm³/mol. The first-order valence-corrected chi connectivity index (χ1v) is 18.1. The van der Waals surface area contributed by atoms with E-state index in [-0.39, 0.29) is 0 Å². The largest absolute Gasteiger partial charge is 0.455 e. The lowest BCUT2D eigenvalue weighted by atomic mass is 9.86. The van der Waals surface area contributed by atoms with E-state index in [2.05, 4.69) is 85.8 Å². The van der Waals surface area contributed by atoms with E-state index in [4.69, 9.17) is 18.8 Å². The van der Waals surface area contributed by atoms with Crippen molar-refractivity contribution in [3.05, 3.63) is 144 Å². The van der Waals surface area contributed by atoms with Crippen molar-refractivity contribution in [2.24, 2.45) is 0 Å². The molecule has 1 aliphatic carbocycles. The molecule has 52 heavy (non-hydrogen) atoms. The molecule has 248 valence electrons. The molecule has 1 atom stereocenters. The van der Waals surface area contributed by atoms with Gasteiger partial charge in [-0.1, -0.05) is 99.0 Å². The normalized spacial score (nSPS) is 13.6. The van der Waals surface area contributed by atoms with Crippen LogP contribution in [0.25, 0.3) is 88.9 Å². The molecule has 5 heteroatoms. The summed E-state index contributed by atoms with van der Waals surface area (Å²) >= 11 is 0. The summed E-state index contributed by atoms with van der Waals surface area (Å²) in [5.74, 6) is 0.933. The Hall–Kier alpha value is -6.51. The Morgan fingerprint density at radius 3 is 2.23 bits per heavy atom. The quantitative estimate of drug-likeness (QED) is 0.158.